The summed E-state index contributed by atoms with van der Waals surface area (Å²) in [6.45, 7) is 2.39. The zero-order chi connectivity index (χ0) is 39.6. The highest BCUT2D eigenvalue weighted by molar-refractivity contribution is 6.58. The van der Waals surface area contributed by atoms with Crippen LogP contribution in [0.2, 0.25) is 0 Å². The van der Waals surface area contributed by atoms with Gasteiger partial charge in [-0.3, -0.25) is 24.1 Å². The molecule has 0 radical (unpaired) electrons. The largest absolute Gasteiger partial charge is 0.507 e. The molecule has 3 heterocycles. The molecule has 3 aliphatic heterocycles. The summed E-state index contributed by atoms with van der Waals surface area (Å²) in [7, 11) is 0. The third-order valence-electron chi connectivity index (χ3n) is 11.9. The molecule has 56 heavy (non-hydrogen) atoms. The van der Waals surface area contributed by atoms with E-state index in [1.54, 1.807) is 60.7 Å². The van der Waals surface area contributed by atoms with Gasteiger partial charge in [0.05, 0.1) is 30.7 Å². The Morgan fingerprint density at radius 2 is 1.34 bits per heavy atom. The summed E-state index contributed by atoms with van der Waals surface area (Å²) in [5.74, 6) is -22.0. The number of phenolic OH excluding ortho intramolecular Hbond substituents is 1. The molecule has 9 rings (SSSR count). The van der Waals surface area contributed by atoms with Gasteiger partial charge in [-0.05, 0) is 48.4 Å². The molecule has 4 aromatic rings. The molecule has 4 aromatic carbocycles. The number of allylic oxidation sites excluding steroid dienone is 2. The molecule has 0 unspecified atom stereocenters. The molecular formula is C40H28Cl2F5N3O6. The van der Waals surface area contributed by atoms with Crippen LogP contribution < -0.4 is 14.7 Å². The van der Waals surface area contributed by atoms with Crippen LogP contribution in [0.1, 0.15) is 24.3 Å². The topological polar surface area (TPSA) is 107 Å². The number of phenols is 1. The number of fused-ring (bicyclic) bond motifs is 5. The minimum atomic E-state index is -2.76. The molecular weight excluding hydrogens is 784 g/mol. The highest BCUT2D eigenvalue weighted by Gasteiger charge is 2.77. The molecule has 3 saturated heterocycles. The van der Waals surface area contributed by atoms with Gasteiger partial charge in [-0.1, -0.05) is 48.0 Å². The maximum atomic E-state index is 15.4. The molecule has 2 aliphatic carbocycles. The normalized spacial score (nSPS) is 28.8. The van der Waals surface area contributed by atoms with Crippen molar-refractivity contribution in [3.8, 4) is 5.75 Å². The number of aromatic hydroxyl groups is 1. The smallest absolute Gasteiger partial charge is 0.258 e. The monoisotopic (exact) mass is 811 g/mol. The van der Waals surface area contributed by atoms with Crippen LogP contribution in [0.4, 0.5) is 39.0 Å². The number of nitrogens with zero attached hydrogens (tertiary/aromatic N) is 3. The molecule has 1 saturated carbocycles. The van der Waals surface area contributed by atoms with Crippen molar-refractivity contribution in [3.63, 3.8) is 0 Å². The Hall–Kier alpha value is -5.05. The number of benzene rings is 4. The first kappa shape index (κ1) is 36.6. The number of amides is 4. The van der Waals surface area contributed by atoms with Crippen molar-refractivity contribution in [2.24, 2.45) is 17.8 Å². The van der Waals surface area contributed by atoms with E-state index < -0.39 is 104 Å². The maximum Gasteiger partial charge on any atom is 0.258 e. The Morgan fingerprint density at radius 1 is 0.714 bits per heavy atom. The zero-order valence-electron chi connectivity index (χ0n) is 28.9. The van der Waals surface area contributed by atoms with E-state index in [0.717, 1.165) is 10.6 Å². The van der Waals surface area contributed by atoms with Crippen molar-refractivity contribution in [2.45, 2.75) is 28.5 Å². The van der Waals surface area contributed by atoms with Crippen LogP contribution in [-0.4, -0.2) is 64.8 Å². The fraction of sp³-hybridized carbons (Fsp3) is 0.300. The Balaban J connectivity index is 1.19. The molecule has 0 spiro atoms. The second kappa shape index (κ2) is 12.7. The number of alkyl halides is 2. The Morgan fingerprint density at radius 3 is 2.02 bits per heavy atom. The number of halogens is 7. The summed E-state index contributed by atoms with van der Waals surface area (Å²) in [6, 6.07) is 16.4. The van der Waals surface area contributed by atoms with E-state index in [4.69, 9.17) is 27.9 Å². The maximum absolute atomic E-state index is 15.4. The van der Waals surface area contributed by atoms with Gasteiger partial charge in [0.25, 0.3) is 11.8 Å². The third-order valence-corrected chi connectivity index (χ3v) is 13.4. The highest BCUT2D eigenvalue weighted by Crippen LogP contribution is 2.67. The lowest BCUT2D eigenvalue weighted by Gasteiger charge is -2.50. The van der Waals surface area contributed by atoms with Gasteiger partial charge in [0.2, 0.25) is 17.6 Å². The van der Waals surface area contributed by atoms with E-state index in [0.29, 0.717) is 31.7 Å². The Bertz CT molecular complexity index is 2430. The minimum absolute atomic E-state index is 0.0416. The average Bonchev–Trinajstić information content (AvgIpc) is 3.55. The van der Waals surface area contributed by atoms with Gasteiger partial charge in [0, 0.05) is 35.6 Å². The summed E-state index contributed by atoms with van der Waals surface area (Å²) in [6.07, 6.45) is 0.885. The summed E-state index contributed by atoms with van der Waals surface area (Å²) >= 11 is 14.5. The fourth-order valence-electron chi connectivity index (χ4n) is 9.31. The van der Waals surface area contributed by atoms with E-state index in [1.165, 1.54) is 6.07 Å². The van der Waals surface area contributed by atoms with Crippen molar-refractivity contribution in [1.82, 2.24) is 0 Å². The van der Waals surface area contributed by atoms with Crippen LogP contribution in [0.15, 0.2) is 72.3 Å². The van der Waals surface area contributed by atoms with E-state index in [9.17, 15) is 37.5 Å². The van der Waals surface area contributed by atoms with Crippen LogP contribution in [0.5, 0.6) is 5.75 Å². The van der Waals surface area contributed by atoms with Gasteiger partial charge in [-0.15, -0.1) is 23.2 Å². The minimum Gasteiger partial charge on any atom is -0.507 e. The molecule has 0 bridgehead atoms. The van der Waals surface area contributed by atoms with Crippen LogP contribution in [0.3, 0.4) is 0 Å². The summed E-state index contributed by atoms with van der Waals surface area (Å²) in [4.78, 5) is 55.1. The van der Waals surface area contributed by atoms with Crippen LogP contribution in [-0.2, 0) is 23.9 Å². The van der Waals surface area contributed by atoms with E-state index >= 15 is 8.78 Å². The Kier molecular flexibility index (Phi) is 8.32. The molecule has 5 aliphatic rings. The lowest BCUT2D eigenvalue weighted by molar-refractivity contribution is -0.125. The van der Waals surface area contributed by atoms with Gasteiger partial charge in [0.15, 0.2) is 33.0 Å². The number of rotatable bonds is 4. The van der Waals surface area contributed by atoms with Crippen LogP contribution >= 0.6 is 23.2 Å². The molecule has 0 aromatic heterocycles. The number of hydrogen-bond acceptors (Lipinski definition) is 7. The summed E-state index contributed by atoms with van der Waals surface area (Å²) in [5, 5.41) is 12.6. The number of hydrogen-bond donors (Lipinski definition) is 1. The molecule has 288 valence electrons. The number of ether oxygens (including phenoxy) is 1. The first-order chi connectivity index (χ1) is 26.7. The van der Waals surface area contributed by atoms with Crippen LogP contribution in [0, 0.1) is 46.8 Å². The highest BCUT2D eigenvalue weighted by atomic mass is 35.5. The second-order valence-corrected chi connectivity index (χ2v) is 15.8. The second-order valence-electron chi connectivity index (χ2n) is 14.5. The summed E-state index contributed by atoms with van der Waals surface area (Å²) in [5.41, 5.74) is -0.571. The SMILES string of the molecule is O=C1[C@H]2[C@H](CC=C3[C@H]2C[C@@]2(Cl)C(=O)N(c4c(F)c(F)c(F)c(F)c4F)C(=O)[C@@]2(Cl)[C@H]3c2ccc3ccccc3c2O)C(=O)N1c1ccc(N2CCOCC2)cc1. The first-order valence-corrected chi connectivity index (χ1v) is 18.5. The summed E-state index contributed by atoms with van der Waals surface area (Å²) < 4.78 is 79.5. The van der Waals surface area contributed by atoms with Crippen molar-refractivity contribution in [2.75, 3.05) is 41.0 Å². The molecule has 1 N–H and O–H groups in total. The number of imide groups is 2. The van der Waals surface area contributed by atoms with Crippen molar-refractivity contribution in [1.29, 1.82) is 0 Å². The number of carbonyl (C=O) groups is 4. The predicted molar refractivity (Wildman–Crippen MR) is 194 cm³/mol. The van der Waals surface area contributed by atoms with E-state index in [1.807, 2.05) is 0 Å². The van der Waals surface area contributed by atoms with E-state index in [2.05, 4.69) is 4.90 Å². The average molecular weight is 813 g/mol. The quantitative estimate of drug-likeness (QED) is 0.0601. The van der Waals surface area contributed by atoms with Crippen molar-refractivity contribution >= 4 is 74.7 Å². The number of carbonyl (C=O) groups excluding carboxylic acids is 4. The van der Waals surface area contributed by atoms with Gasteiger partial charge in [0.1, 0.15) is 11.4 Å². The standard InChI is InChI=1S/C40H28Cl2F5N3O6/c41-39-17-25-22(11-12-23-26(25)36(53)49(35(23)52)20-8-6-19(7-9-20)48-13-15-56-16-14-48)27(24-10-5-18-3-1-2-4-21(18)34(24)51)40(39,42)38(55)50(37(39)54)33-31(46)29(44)28(43)30(45)32(33)47/h1-11,23,25-27,51H,12-17H2/t23-,25+,26-,27+,39+,40-/m0/s1. The van der Waals surface area contributed by atoms with Crippen molar-refractivity contribution in [3.05, 3.63) is 107 Å². The number of morpholine rings is 1. The molecule has 6 atom stereocenters. The van der Waals surface area contributed by atoms with Gasteiger partial charge in [-0.25, -0.2) is 26.9 Å². The number of anilines is 3. The third kappa shape index (κ3) is 4.75. The predicted octanol–water partition coefficient (Wildman–Crippen LogP) is 6.85. The van der Waals surface area contributed by atoms with Crippen molar-refractivity contribution < 1.29 is 51.0 Å². The first-order valence-electron chi connectivity index (χ1n) is 17.7. The molecule has 4 amide bonds. The van der Waals surface area contributed by atoms with Gasteiger partial charge >= 0.3 is 0 Å². The van der Waals surface area contributed by atoms with Gasteiger partial charge < -0.3 is 14.7 Å². The lowest BCUT2D eigenvalue weighted by atomic mass is 9.56. The molecule has 16 heteroatoms. The molecule has 4 fully saturated rings. The van der Waals surface area contributed by atoms with Crippen LogP contribution in [0.25, 0.3) is 10.8 Å². The lowest BCUT2D eigenvalue weighted by Crippen LogP contribution is -2.60. The van der Waals surface area contributed by atoms with Gasteiger partial charge in [-0.2, -0.15) is 0 Å². The zero-order valence-corrected chi connectivity index (χ0v) is 30.4. The Labute approximate surface area is 324 Å². The fourth-order valence-corrected chi connectivity index (χ4v) is 10.2. The van der Waals surface area contributed by atoms with E-state index in [-0.39, 0.29) is 33.5 Å². The molecule has 9 nitrogen and oxygen atoms in total.